The molecule has 0 aliphatic carbocycles. The van der Waals surface area contributed by atoms with Crippen molar-refractivity contribution < 1.29 is 24.1 Å². The van der Waals surface area contributed by atoms with E-state index >= 15 is 0 Å². The van der Waals surface area contributed by atoms with Crippen LogP contribution in [0.5, 0.6) is 0 Å². The number of nitrogens with zero attached hydrogens (tertiary/aromatic N) is 2. The van der Waals surface area contributed by atoms with Gasteiger partial charge in [0.25, 0.3) is 0 Å². The number of hydrogen-bond donors (Lipinski definition) is 2. The summed E-state index contributed by atoms with van der Waals surface area (Å²) in [6.07, 6.45) is 2.76. The summed E-state index contributed by atoms with van der Waals surface area (Å²) in [5.41, 5.74) is 4.80. The third kappa shape index (κ3) is 6.98. The number of pyridine rings is 1. The van der Waals surface area contributed by atoms with Crippen molar-refractivity contribution in [2.75, 3.05) is 52.4 Å². The maximum atomic E-state index is 11.4. The number of carboxylic acids is 1. The number of rotatable bonds is 12. The molecule has 1 aromatic heterocycles. The molecule has 0 radical (unpaired) electrons. The zero-order valence-electron chi connectivity index (χ0n) is 19.8. The number of nitrogens with one attached hydrogen (secondary N) is 1. The van der Waals surface area contributed by atoms with Crippen molar-refractivity contribution in [2.24, 2.45) is 0 Å². The summed E-state index contributed by atoms with van der Waals surface area (Å²) in [5.74, 6) is -1.07. The van der Waals surface area contributed by atoms with Crippen molar-refractivity contribution in [1.29, 1.82) is 0 Å². The predicted octanol–water partition coefficient (Wildman–Crippen LogP) is 3.96. The molecule has 0 amide bonds. The summed E-state index contributed by atoms with van der Waals surface area (Å²) in [6.45, 7) is 6.24. The number of benzene rings is 1. The number of carbonyl (C=O) groups is 1. The van der Waals surface area contributed by atoms with Crippen LogP contribution in [0.1, 0.15) is 48.5 Å². The van der Waals surface area contributed by atoms with Crippen LogP contribution in [0.4, 0.5) is 11.4 Å². The number of aromatic nitrogens is 1. The number of anilines is 2. The SMILES string of the molecule is CCC(c1ccc(C(COC)CC(=O)O)cc1Nc1ccc(COC)nc1)N1CCOCC1. The Morgan fingerprint density at radius 1 is 1.21 bits per heavy atom. The molecule has 0 bridgehead atoms. The highest BCUT2D eigenvalue weighted by Gasteiger charge is 2.25. The third-order valence-corrected chi connectivity index (χ3v) is 5.97. The number of carboxylic acid groups (broad SMARTS) is 1. The van der Waals surface area contributed by atoms with E-state index in [2.05, 4.69) is 34.3 Å². The molecule has 2 atom stereocenters. The molecule has 180 valence electrons. The molecule has 0 spiro atoms. The van der Waals surface area contributed by atoms with Gasteiger partial charge in [-0.25, -0.2) is 0 Å². The van der Waals surface area contributed by atoms with E-state index in [1.807, 2.05) is 18.2 Å². The van der Waals surface area contributed by atoms with Gasteiger partial charge in [-0.05, 0) is 35.7 Å². The zero-order valence-corrected chi connectivity index (χ0v) is 19.8. The van der Waals surface area contributed by atoms with Crippen LogP contribution < -0.4 is 5.32 Å². The quantitative estimate of drug-likeness (QED) is 0.495. The van der Waals surface area contributed by atoms with E-state index < -0.39 is 5.97 Å². The topological polar surface area (TPSA) is 93.2 Å². The molecule has 2 aromatic rings. The second-order valence-corrected chi connectivity index (χ2v) is 8.27. The number of aliphatic carboxylic acids is 1. The Balaban J connectivity index is 1.97. The third-order valence-electron chi connectivity index (χ3n) is 5.97. The van der Waals surface area contributed by atoms with E-state index in [0.29, 0.717) is 13.2 Å². The van der Waals surface area contributed by atoms with E-state index in [0.717, 1.165) is 55.4 Å². The van der Waals surface area contributed by atoms with Crippen LogP contribution in [-0.2, 0) is 25.6 Å². The van der Waals surface area contributed by atoms with E-state index in [1.54, 1.807) is 20.4 Å². The minimum absolute atomic E-state index is 0.0145. The fourth-order valence-electron chi connectivity index (χ4n) is 4.36. The lowest BCUT2D eigenvalue weighted by Gasteiger charge is -2.35. The van der Waals surface area contributed by atoms with Crippen molar-refractivity contribution in [3.05, 3.63) is 53.3 Å². The van der Waals surface area contributed by atoms with Gasteiger partial charge in [0.2, 0.25) is 0 Å². The molecule has 33 heavy (non-hydrogen) atoms. The summed E-state index contributed by atoms with van der Waals surface area (Å²) >= 11 is 0. The van der Waals surface area contributed by atoms with Crippen molar-refractivity contribution >= 4 is 17.3 Å². The molecule has 1 aliphatic heterocycles. The first kappa shape index (κ1) is 25.1. The zero-order chi connectivity index (χ0) is 23.6. The van der Waals surface area contributed by atoms with Gasteiger partial charge in [-0.15, -0.1) is 0 Å². The lowest BCUT2D eigenvalue weighted by molar-refractivity contribution is -0.137. The van der Waals surface area contributed by atoms with Crippen LogP contribution in [0.2, 0.25) is 0 Å². The maximum absolute atomic E-state index is 11.4. The average molecular weight is 458 g/mol. The number of ether oxygens (including phenoxy) is 3. The van der Waals surface area contributed by atoms with Gasteiger partial charge in [0.05, 0.1) is 50.4 Å². The van der Waals surface area contributed by atoms with Gasteiger partial charge >= 0.3 is 5.97 Å². The highest BCUT2D eigenvalue weighted by molar-refractivity contribution is 5.69. The lowest BCUT2D eigenvalue weighted by Crippen LogP contribution is -2.39. The first-order chi connectivity index (χ1) is 16.0. The van der Waals surface area contributed by atoms with E-state index in [1.165, 1.54) is 5.56 Å². The first-order valence-electron chi connectivity index (χ1n) is 11.4. The molecule has 1 aromatic carbocycles. The second kappa shape index (κ2) is 12.6. The molecule has 3 rings (SSSR count). The molecule has 1 fully saturated rings. The second-order valence-electron chi connectivity index (χ2n) is 8.27. The van der Waals surface area contributed by atoms with E-state index in [4.69, 9.17) is 14.2 Å². The van der Waals surface area contributed by atoms with Gasteiger partial charge in [-0.3, -0.25) is 14.7 Å². The van der Waals surface area contributed by atoms with Gasteiger partial charge in [0.1, 0.15) is 0 Å². The minimum Gasteiger partial charge on any atom is -0.481 e. The Kier molecular flexibility index (Phi) is 9.62. The van der Waals surface area contributed by atoms with Crippen molar-refractivity contribution in [3.8, 4) is 0 Å². The largest absolute Gasteiger partial charge is 0.481 e. The standard InChI is InChI=1S/C25H35N3O5/c1-4-24(28-9-11-33-12-10-28)22-8-5-18(19(16-31-2)14-25(29)30)13-23(22)27-20-6-7-21(17-32-3)26-15-20/h5-8,13,15,19,24,27H,4,9-12,14,16-17H2,1-3H3,(H,29,30). The van der Waals surface area contributed by atoms with Crippen LogP contribution in [0.3, 0.4) is 0 Å². The van der Waals surface area contributed by atoms with Crippen LogP contribution in [-0.4, -0.2) is 68.1 Å². The molecular weight excluding hydrogens is 422 g/mol. The monoisotopic (exact) mass is 457 g/mol. The summed E-state index contributed by atoms with van der Waals surface area (Å²) in [7, 11) is 3.25. The Morgan fingerprint density at radius 2 is 2.00 bits per heavy atom. The molecular formula is C25H35N3O5. The van der Waals surface area contributed by atoms with Gasteiger partial charge in [0.15, 0.2) is 0 Å². The molecule has 2 N–H and O–H groups in total. The molecule has 8 heteroatoms. The maximum Gasteiger partial charge on any atom is 0.304 e. The lowest BCUT2D eigenvalue weighted by atomic mass is 9.91. The summed E-state index contributed by atoms with van der Waals surface area (Å²) in [5, 5.41) is 12.9. The Labute approximate surface area is 195 Å². The number of hydrogen-bond acceptors (Lipinski definition) is 7. The highest BCUT2D eigenvalue weighted by Crippen LogP contribution is 2.35. The Morgan fingerprint density at radius 3 is 2.61 bits per heavy atom. The van der Waals surface area contributed by atoms with Crippen molar-refractivity contribution in [3.63, 3.8) is 0 Å². The van der Waals surface area contributed by atoms with Gasteiger partial charge in [-0.2, -0.15) is 0 Å². The van der Waals surface area contributed by atoms with E-state index in [-0.39, 0.29) is 18.4 Å². The fraction of sp³-hybridized carbons (Fsp3) is 0.520. The van der Waals surface area contributed by atoms with Crippen LogP contribution in [0.25, 0.3) is 0 Å². The predicted molar refractivity (Wildman–Crippen MR) is 127 cm³/mol. The smallest absolute Gasteiger partial charge is 0.304 e. The number of morpholine rings is 1. The molecule has 1 saturated heterocycles. The Hall–Kier alpha value is -2.52. The van der Waals surface area contributed by atoms with Crippen LogP contribution >= 0.6 is 0 Å². The summed E-state index contributed by atoms with van der Waals surface area (Å²) < 4.78 is 16.0. The van der Waals surface area contributed by atoms with Gasteiger partial charge in [-0.1, -0.05) is 19.1 Å². The number of methoxy groups -OCH3 is 2. The highest BCUT2D eigenvalue weighted by atomic mass is 16.5. The first-order valence-corrected chi connectivity index (χ1v) is 11.4. The van der Waals surface area contributed by atoms with Crippen molar-refractivity contribution in [1.82, 2.24) is 9.88 Å². The van der Waals surface area contributed by atoms with Crippen LogP contribution in [0, 0.1) is 0 Å². The van der Waals surface area contributed by atoms with E-state index in [9.17, 15) is 9.90 Å². The molecule has 0 saturated carbocycles. The molecule has 2 unspecified atom stereocenters. The average Bonchev–Trinajstić information content (AvgIpc) is 2.82. The minimum atomic E-state index is -0.840. The molecule has 1 aliphatic rings. The summed E-state index contributed by atoms with van der Waals surface area (Å²) in [6, 6.07) is 10.4. The van der Waals surface area contributed by atoms with Crippen LogP contribution in [0.15, 0.2) is 36.5 Å². The van der Waals surface area contributed by atoms with Crippen molar-refractivity contribution in [2.45, 2.75) is 38.3 Å². The fourth-order valence-corrected chi connectivity index (χ4v) is 4.36. The van der Waals surface area contributed by atoms with Gasteiger partial charge < -0.3 is 24.6 Å². The summed E-state index contributed by atoms with van der Waals surface area (Å²) in [4.78, 5) is 18.4. The normalized spacial score (nSPS) is 16.3. The Bertz CT molecular complexity index is 884. The molecule has 2 heterocycles. The van der Waals surface area contributed by atoms with Gasteiger partial charge in [0, 0.05) is 45.0 Å². The molecule has 8 nitrogen and oxygen atoms in total.